The molecule has 3 heteroatoms. The standard InChI is InChI=1S/C10H17NO2/c1-10(11(12)13)6-8-3-2-4-9(5-8)7-10/h8-9H,2-7H2,1H3. The Balaban J connectivity index is 2.13. The van der Waals surface area contributed by atoms with Crippen molar-refractivity contribution in [2.75, 3.05) is 0 Å². The van der Waals surface area contributed by atoms with E-state index in [-0.39, 0.29) is 4.92 Å². The minimum Gasteiger partial charge on any atom is -0.264 e. The second-order valence-electron chi connectivity index (χ2n) is 5.06. The van der Waals surface area contributed by atoms with Crippen LogP contribution in [0.3, 0.4) is 0 Å². The minimum absolute atomic E-state index is 0.0442. The maximum Gasteiger partial charge on any atom is 0.220 e. The van der Waals surface area contributed by atoms with Gasteiger partial charge < -0.3 is 0 Å². The van der Waals surface area contributed by atoms with E-state index in [1.54, 1.807) is 0 Å². The fourth-order valence-electron chi connectivity index (χ4n) is 3.25. The molecule has 0 saturated heterocycles. The summed E-state index contributed by atoms with van der Waals surface area (Å²) in [5.74, 6) is 1.28. The molecule has 2 bridgehead atoms. The molecule has 0 heterocycles. The van der Waals surface area contributed by atoms with E-state index in [1.165, 1.54) is 25.7 Å². The average molecular weight is 183 g/mol. The third-order valence-corrected chi connectivity index (χ3v) is 3.79. The maximum atomic E-state index is 10.9. The van der Waals surface area contributed by atoms with E-state index in [4.69, 9.17) is 0 Å². The predicted octanol–water partition coefficient (Wildman–Crippen LogP) is 2.62. The fraction of sp³-hybridized carbons (Fsp3) is 1.00. The molecule has 0 aromatic rings. The number of hydrogen-bond acceptors (Lipinski definition) is 2. The number of fused-ring (bicyclic) bond motifs is 2. The smallest absolute Gasteiger partial charge is 0.220 e. The van der Waals surface area contributed by atoms with Crippen molar-refractivity contribution in [2.24, 2.45) is 11.8 Å². The number of nitro groups is 1. The molecule has 2 aliphatic rings. The van der Waals surface area contributed by atoms with Crippen molar-refractivity contribution in [3.05, 3.63) is 10.1 Å². The molecular weight excluding hydrogens is 166 g/mol. The highest BCUT2D eigenvalue weighted by Crippen LogP contribution is 2.45. The Hall–Kier alpha value is -0.600. The lowest BCUT2D eigenvalue weighted by Crippen LogP contribution is -2.44. The summed E-state index contributed by atoms with van der Waals surface area (Å²) in [7, 11) is 0. The van der Waals surface area contributed by atoms with Gasteiger partial charge in [-0.3, -0.25) is 10.1 Å². The minimum atomic E-state index is -0.603. The van der Waals surface area contributed by atoms with E-state index in [0.717, 1.165) is 12.8 Å². The Kier molecular flexibility index (Phi) is 2.05. The van der Waals surface area contributed by atoms with Crippen LogP contribution in [0.15, 0.2) is 0 Å². The van der Waals surface area contributed by atoms with Gasteiger partial charge in [-0.25, -0.2) is 0 Å². The summed E-state index contributed by atoms with van der Waals surface area (Å²) >= 11 is 0. The highest BCUT2D eigenvalue weighted by atomic mass is 16.6. The van der Waals surface area contributed by atoms with Gasteiger partial charge in [-0.2, -0.15) is 0 Å². The Morgan fingerprint density at radius 2 is 1.85 bits per heavy atom. The van der Waals surface area contributed by atoms with Crippen LogP contribution in [0.1, 0.15) is 45.4 Å². The summed E-state index contributed by atoms with van der Waals surface area (Å²) in [5, 5.41) is 10.9. The molecule has 74 valence electrons. The molecule has 0 radical (unpaired) electrons. The van der Waals surface area contributed by atoms with Crippen molar-refractivity contribution in [1.29, 1.82) is 0 Å². The molecule has 2 unspecified atom stereocenters. The molecule has 2 atom stereocenters. The Morgan fingerprint density at radius 1 is 1.31 bits per heavy atom. The van der Waals surface area contributed by atoms with Gasteiger partial charge in [0.1, 0.15) is 0 Å². The molecule has 2 saturated carbocycles. The molecule has 3 nitrogen and oxygen atoms in total. The normalized spacial score (nSPS) is 44.4. The maximum absolute atomic E-state index is 10.9. The summed E-state index contributed by atoms with van der Waals surface area (Å²) < 4.78 is 0. The second kappa shape index (κ2) is 2.96. The largest absolute Gasteiger partial charge is 0.264 e. The lowest BCUT2D eigenvalue weighted by atomic mass is 9.65. The van der Waals surface area contributed by atoms with Crippen LogP contribution in [-0.4, -0.2) is 10.5 Å². The monoisotopic (exact) mass is 183 g/mol. The van der Waals surface area contributed by atoms with E-state index in [9.17, 15) is 10.1 Å². The SMILES string of the molecule is CC1([N+](=O)[O-])CC2CCCC(C2)C1. The van der Waals surface area contributed by atoms with Gasteiger partial charge in [0.2, 0.25) is 5.54 Å². The van der Waals surface area contributed by atoms with Crippen LogP contribution < -0.4 is 0 Å². The highest BCUT2D eigenvalue weighted by Gasteiger charge is 2.47. The first-order valence-corrected chi connectivity index (χ1v) is 5.25. The molecule has 0 N–H and O–H groups in total. The van der Waals surface area contributed by atoms with Crippen LogP contribution in [0.25, 0.3) is 0 Å². The molecule has 13 heavy (non-hydrogen) atoms. The third-order valence-electron chi connectivity index (χ3n) is 3.79. The van der Waals surface area contributed by atoms with E-state index in [0.29, 0.717) is 11.8 Å². The molecule has 2 aliphatic carbocycles. The van der Waals surface area contributed by atoms with Gasteiger partial charge in [0.25, 0.3) is 0 Å². The van der Waals surface area contributed by atoms with Crippen molar-refractivity contribution in [3.63, 3.8) is 0 Å². The lowest BCUT2D eigenvalue weighted by Gasteiger charge is -2.40. The first kappa shape index (κ1) is 8.97. The van der Waals surface area contributed by atoms with Crippen molar-refractivity contribution in [3.8, 4) is 0 Å². The van der Waals surface area contributed by atoms with Crippen LogP contribution in [0, 0.1) is 22.0 Å². The summed E-state index contributed by atoms with van der Waals surface area (Å²) in [5.41, 5.74) is -0.603. The molecule has 0 aromatic heterocycles. The lowest BCUT2D eigenvalue weighted by molar-refractivity contribution is -0.574. The molecule has 0 spiro atoms. The average Bonchev–Trinajstić information content (AvgIpc) is 2.02. The molecule has 2 fully saturated rings. The van der Waals surface area contributed by atoms with E-state index in [2.05, 4.69) is 0 Å². The Bertz CT molecular complexity index is 215. The number of hydrogen-bond donors (Lipinski definition) is 0. The van der Waals surface area contributed by atoms with Crippen LogP contribution >= 0.6 is 0 Å². The summed E-state index contributed by atoms with van der Waals surface area (Å²) in [6, 6.07) is 0. The third kappa shape index (κ3) is 1.56. The zero-order valence-electron chi connectivity index (χ0n) is 8.16. The molecule has 0 aromatic carbocycles. The van der Waals surface area contributed by atoms with Crippen molar-refractivity contribution < 1.29 is 4.92 Å². The second-order valence-corrected chi connectivity index (χ2v) is 5.06. The fourth-order valence-corrected chi connectivity index (χ4v) is 3.25. The zero-order chi connectivity index (χ0) is 9.47. The Morgan fingerprint density at radius 3 is 2.31 bits per heavy atom. The molecular formula is C10H17NO2. The first-order chi connectivity index (χ1) is 6.10. The van der Waals surface area contributed by atoms with Gasteiger partial charge in [-0.05, 0) is 18.3 Å². The van der Waals surface area contributed by atoms with E-state index in [1.807, 2.05) is 6.92 Å². The van der Waals surface area contributed by atoms with E-state index >= 15 is 0 Å². The topological polar surface area (TPSA) is 43.1 Å². The van der Waals surface area contributed by atoms with Crippen LogP contribution in [0.2, 0.25) is 0 Å². The predicted molar refractivity (Wildman–Crippen MR) is 50.1 cm³/mol. The molecule has 2 rings (SSSR count). The van der Waals surface area contributed by atoms with Gasteiger partial charge in [0.05, 0.1) is 0 Å². The Labute approximate surface area is 78.7 Å². The summed E-state index contributed by atoms with van der Waals surface area (Å²) in [4.78, 5) is 10.9. The van der Waals surface area contributed by atoms with Crippen LogP contribution in [0.4, 0.5) is 0 Å². The van der Waals surface area contributed by atoms with E-state index < -0.39 is 5.54 Å². The quantitative estimate of drug-likeness (QED) is 0.463. The van der Waals surface area contributed by atoms with Gasteiger partial charge in [0, 0.05) is 24.7 Å². The number of nitrogens with zero attached hydrogens (tertiary/aromatic N) is 1. The van der Waals surface area contributed by atoms with Gasteiger partial charge >= 0.3 is 0 Å². The molecule has 0 amide bonds. The zero-order valence-corrected chi connectivity index (χ0v) is 8.16. The highest BCUT2D eigenvalue weighted by molar-refractivity contribution is 4.90. The van der Waals surface area contributed by atoms with Crippen molar-refractivity contribution in [1.82, 2.24) is 0 Å². The summed E-state index contributed by atoms with van der Waals surface area (Å²) in [6.07, 6.45) is 6.62. The van der Waals surface area contributed by atoms with Gasteiger partial charge in [-0.1, -0.05) is 19.3 Å². The molecule has 0 aliphatic heterocycles. The van der Waals surface area contributed by atoms with Gasteiger partial charge in [-0.15, -0.1) is 0 Å². The summed E-state index contributed by atoms with van der Waals surface area (Å²) in [6.45, 7) is 1.83. The van der Waals surface area contributed by atoms with Crippen LogP contribution in [-0.2, 0) is 0 Å². The van der Waals surface area contributed by atoms with Gasteiger partial charge in [0.15, 0.2) is 0 Å². The van der Waals surface area contributed by atoms with Crippen molar-refractivity contribution >= 4 is 0 Å². The first-order valence-electron chi connectivity index (χ1n) is 5.25. The van der Waals surface area contributed by atoms with Crippen LogP contribution in [0.5, 0.6) is 0 Å². The van der Waals surface area contributed by atoms with Crippen molar-refractivity contribution in [2.45, 2.75) is 51.0 Å². The number of rotatable bonds is 1.